The number of nitrogens with one attached hydrogen (secondary N) is 1. The first kappa shape index (κ1) is 35.2. The molecule has 254 valence electrons. The monoisotopic (exact) mass is 649 g/mol. The van der Waals surface area contributed by atoms with Gasteiger partial charge in [0.25, 0.3) is 5.91 Å². The van der Waals surface area contributed by atoms with Gasteiger partial charge in [-0.15, -0.1) is 5.10 Å². The highest BCUT2D eigenvalue weighted by Crippen LogP contribution is 2.24. The van der Waals surface area contributed by atoms with E-state index in [-0.39, 0.29) is 49.9 Å². The molecule has 0 radical (unpaired) electrons. The zero-order valence-corrected chi connectivity index (χ0v) is 28.7. The third-order valence-electron chi connectivity index (χ3n) is 7.96. The van der Waals surface area contributed by atoms with Gasteiger partial charge in [-0.3, -0.25) is 14.6 Å². The minimum Gasteiger partial charge on any atom is -0.444 e. The molecule has 1 aliphatic heterocycles. The van der Waals surface area contributed by atoms with Crippen molar-refractivity contribution in [3.8, 4) is 11.5 Å². The lowest BCUT2D eigenvalue weighted by atomic mass is 10.1. The molecule has 1 aromatic heterocycles. The maximum atomic E-state index is 13.7. The molecule has 1 aliphatic rings. The second kappa shape index (κ2) is 14.8. The van der Waals surface area contributed by atoms with Crippen LogP contribution in [0.1, 0.15) is 58.2 Å². The van der Waals surface area contributed by atoms with Crippen LogP contribution >= 0.6 is 0 Å². The molecule has 0 fully saturated rings. The molecule has 3 amide bonds. The van der Waals surface area contributed by atoms with E-state index in [1.54, 1.807) is 56.8 Å². The molecule has 0 saturated heterocycles. The SMILES string of the molecule is CCn1nc(-c2ccc(NCC(=O)N(CCN(C(=O)OC(C)(C)C)C(C)C)CC(=O)N(C)N3Cc4ccccc4C3)c(C)c2)oc1=O. The Morgan fingerprint density at radius 2 is 1.70 bits per heavy atom. The van der Waals surface area contributed by atoms with Crippen LogP contribution in [0.25, 0.3) is 11.5 Å². The number of ether oxygens (including phenoxy) is 1. The Kier molecular flexibility index (Phi) is 11.1. The predicted molar refractivity (Wildman–Crippen MR) is 178 cm³/mol. The summed E-state index contributed by atoms with van der Waals surface area (Å²) >= 11 is 0. The van der Waals surface area contributed by atoms with Crippen molar-refractivity contribution >= 4 is 23.6 Å². The van der Waals surface area contributed by atoms with Crippen LogP contribution in [0.2, 0.25) is 0 Å². The molecule has 0 saturated carbocycles. The van der Waals surface area contributed by atoms with Crippen molar-refractivity contribution in [2.75, 3.05) is 38.5 Å². The number of nitrogens with zero attached hydrogens (tertiary/aromatic N) is 6. The van der Waals surface area contributed by atoms with E-state index < -0.39 is 17.5 Å². The summed E-state index contributed by atoms with van der Waals surface area (Å²) in [5, 5.41) is 10.9. The van der Waals surface area contributed by atoms with Gasteiger partial charge in [-0.05, 0) is 83.4 Å². The summed E-state index contributed by atoms with van der Waals surface area (Å²) < 4.78 is 12.1. The molecule has 1 N–H and O–H groups in total. The van der Waals surface area contributed by atoms with Crippen molar-refractivity contribution in [2.45, 2.75) is 79.7 Å². The smallest absolute Gasteiger partial charge is 0.437 e. The quantitative estimate of drug-likeness (QED) is 0.308. The highest BCUT2D eigenvalue weighted by atomic mass is 16.6. The molecule has 13 nitrogen and oxygen atoms in total. The van der Waals surface area contributed by atoms with E-state index in [9.17, 15) is 19.2 Å². The number of hydrogen-bond acceptors (Lipinski definition) is 9. The van der Waals surface area contributed by atoms with E-state index in [0.29, 0.717) is 30.9 Å². The number of rotatable bonds is 12. The van der Waals surface area contributed by atoms with Crippen molar-refractivity contribution in [2.24, 2.45) is 0 Å². The van der Waals surface area contributed by atoms with Crippen LogP contribution in [0.15, 0.2) is 51.7 Å². The topological polar surface area (TPSA) is 133 Å². The standard InChI is InChI=1S/C34H47N7O6/c1-9-41-33(45)46-31(36-41)25-14-15-28(24(4)18-25)35-19-29(42)38(16-17-40(23(2)3)32(44)47-34(5,6)7)22-30(43)37(8)39-20-26-12-10-11-13-27(26)21-39/h10-15,18,23,35H,9,16-17,19-22H2,1-8H3. The molecule has 0 aliphatic carbocycles. The van der Waals surface area contributed by atoms with Gasteiger partial charge in [-0.1, -0.05) is 24.3 Å². The van der Waals surface area contributed by atoms with E-state index in [1.807, 2.05) is 44.0 Å². The van der Waals surface area contributed by atoms with Gasteiger partial charge in [0, 0.05) is 57.1 Å². The Bertz CT molecular complexity index is 1610. The first-order valence-corrected chi connectivity index (χ1v) is 15.9. The fraction of sp³-hybridized carbons (Fsp3) is 0.500. The average molecular weight is 650 g/mol. The van der Waals surface area contributed by atoms with E-state index >= 15 is 0 Å². The molecule has 0 atom stereocenters. The van der Waals surface area contributed by atoms with Crippen LogP contribution in [0.5, 0.6) is 0 Å². The third-order valence-corrected chi connectivity index (χ3v) is 7.96. The summed E-state index contributed by atoms with van der Waals surface area (Å²) in [6, 6.07) is 13.3. The fourth-order valence-corrected chi connectivity index (χ4v) is 5.25. The van der Waals surface area contributed by atoms with E-state index in [1.165, 1.54) is 9.58 Å². The van der Waals surface area contributed by atoms with Crippen molar-refractivity contribution in [1.82, 2.24) is 29.6 Å². The van der Waals surface area contributed by atoms with E-state index in [0.717, 1.165) is 16.7 Å². The first-order chi connectivity index (χ1) is 22.2. The maximum Gasteiger partial charge on any atom is 0.437 e. The molecular formula is C34H47N7O6. The van der Waals surface area contributed by atoms with Gasteiger partial charge in [-0.2, -0.15) is 4.68 Å². The molecule has 0 spiro atoms. The molecular weight excluding hydrogens is 602 g/mol. The predicted octanol–water partition coefficient (Wildman–Crippen LogP) is 4.11. The minimum atomic E-state index is -0.676. The summed E-state index contributed by atoms with van der Waals surface area (Å²) in [5.74, 6) is -0.851. The molecule has 47 heavy (non-hydrogen) atoms. The van der Waals surface area contributed by atoms with Crippen molar-refractivity contribution in [3.05, 3.63) is 69.7 Å². The van der Waals surface area contributed by atoms with E-state index in [2.05, 4.69) is 22.5 Å². The first-order valence-electron chi connectivity index (χ1n) is 15.9. The number of fused-ring (bicyclic) bond motifs is 1. The second-order valence-electron chi connectivity index (χ2n) is 13.0. The zero-order chi connectivity index (χ0) is 34.5. The van der Waals surface area contributed by atoms with Gasteiger partial charge in [-0.25, -0.2) is 14.6 Å². The van der Waals surface area contributed by atoms with Crippen molar-refractivity contribution in [1.29, 1.82) is 0 Å². The molecule has 0 bridgehead atoms. The highest BCUT2D eigenvalue weighted by Gasteiger charge is 2.29. The zero-order valence-electron chi connectivity index (χ0n) is 28.7. The Morgan fingerprint density at radius 3 is 2.26 bits per heavy atom. The molecule has 2 heterocycles. The maximum absolute atomic E-state index is 13.7. The van der Waals surface area contributed by atoms with Crippen LogP contribution in [0.3, 0.4) is 0 Å². The number of carbonyl (C=O) groups is 3. The van der Waals surface area contributed by atoms with Gasteiger partial charge in [0.05, 0.1) is 6.54 Å². The average Bonchev–Trinajstić information content (AvgIpc) is 3.61. The number of carbonyl (C=O) groups excluding carboxylic acids is 3. The van der Waals surface area contributed by atoms with Crippen LogP contribution in [-0.4, -0.2) is 92.4 Å². The number of aryl methyl sites for hydroxylation is 2. The molecule has 13 heteroatoms. The van der Waals surface area contributed by atoms with Crippen LogP contribution < -0.4 is 11.1 Å². The molecule has 3 aromatic rings. The summed E-state index contributed by atoms with van der Waals surface area (Å²) in [7, 11) is 1.72. The lowest BCUT2D eigenvalue weighted by Crippen LogP contribution is -2.51. The largest absolute Gasteiger partial charge is 0.444 e. The Morgan fingerprint density at radius 1 is 1.04 bits per heavy atom. The normalized spacial score (nSPS) is 13.0. The lowest BCUT2D eigenvalue weighted by molar-refractivity contribution is -0.151. The van der Waals surface area contributed by atoms with Gasteiger partial charge in [0.1, 0.15) is 12.1 Å². The number of benzene rings is 2. The number of aromatic nitrogens is 2. The van der Waals surface area contributed by atoms with Crippen molar-refractivity contribution in [3.63, 3.8) is 0 Å². The number of amides is 3. The molecule has 0 unspecified atom stereocenters. The van der Waals surface area contributed by atoms with Crippen LogP contribution in [0.4, 0.5) is 10.5 Å². The van der Waals surface area contributed by atoms with Gasteiger partial charge >= 0.3 is 11.8 Å². The highest BCUT2D eigenvalue weighted by molar-refractivity contribution is 5.87. The van der Waals surface area contributed by atoms with Gasteiger partial charge in [0.2, 0.25) is 11.8 Å². The number of anilines is 1. The Hall–Kier alpha value is -4.65. The number of hydrogen-bond donors (Lipinski definition) is 1. The Balaban J connectivity index is 1.47. The molecule has 4 rings (SSSR count). The summed E-state index contributed by atoms with van der Waals surface area (Å²) in [5.41, 5.74) is 3.81. The lowest BCUT2D eigenvalue weighted by Gasteiger charge is -2.33. The molecule has 2 aromatic carbocycles. The Labute approximate surface area is 276 Å². The fourth-order valence-electron chi connectivity index (χ4n) is 5.25. The summed E-state index contributed by atoms with van der Waals surface area (Å²) in [6.45, 7) is 14.5. The van der Waals surface area contributed by atoms with Gasteiger partial charge in [0.15, 0.2) is 0 Å². The van der Waals surface area contributed by atoms with E-state index in [4.69, 9.17) is 9.15 Å². The van der Waals surface area contributed by atoms with Crippen molar-refractivity contribution < 1.29 is 23.5 Å². The minimum absolute atomic E-state index is 0.0833. The van der Waals surface area contributed by atoms with Gasteiger partial charge < -0.3 is 24.3 Å². The second-order valence-corrected chi connectivity index (χ2v) is 13.0. The summed E-state index contributed by atoms with van der Waals surface area (Å²) in [6.07, 6.45) is -0.480. The number of hydrazine groups is 1. The third kappa shape index (κ3) is 9.00. The number of likely N-dealkylation sites (N-methyl/N-ethyl adjacent to an activating group) is 1. The van der Waals surface area contributed by atoms with Crippen LogP contribution in [-0.2, 0) is 34.0 Å². The summed E-state index contributed by atoms with van der Waals surface area (Å²) in [4.78, 5) is 55.2. The van der Waals surface area contributed by atoms with Crippen LogP contribution in [0, 0.1) is 6.92 Å².